The normalized spacial score (nSPS) is 17.9. The largest absolute Gasteiger partial charge is 0.733 e. The van der Waals surface area contributed by atoms with Crippen LogP contribution < -0.4 is 0 Å². The van der Waals surface area contributed by atoms with Crippen LogP contribution in [-0.4, -0.2) is 25.9 Å². The van der Waals surface area contributed by atoms with Crippen molar-refractivity contribution in [2.24, 2.45) is 0 Å². The third-order valence-electron chi connectivity index (χ3n) is 1.61. The standard InChI is InChI=1S/C7H6O6S2/c1-5-2-3-6(14(8,9)10)4-7(5)15(11,12)13/h2-4H,1H2,(H-,8,9,10,11,12,13). The second-order valence-corrected chi connectivity index (χ2v) is 5.47. The van der Waals surface area contributed by atoms with E-state index in [4.69, 9.17) is 4.55 Å². The van der Waals surface area contributed by atoms with Gasteiger partial charge in [0.15, 0.2) is 20.3 Å². The van der Waals surface area contributed by atoms with E-state index in [0.29, 0.717) is 6.08 Å². The summed E-state index contributed by atoms with van der Waals surface area (Å²) < 4.78 is 61.9. The molecule has 1 aliphatic rings. The van der Waals surface area contributed by atoms with E-state index in [-0.39, 0.29) is 5.57 Å². The highest BCUT2D eigenvalue weighted by Gasteiger charge is 2.32. The van der Waals surface area contributed by atoms with Crippen LogP contribution in [0, 0.1) is 5.25 Å². The molecule has 0 saturated heterocycles. The quantitative estimate of drug-likeness (QED) is 0.543. The Bertz CT molecular complexity index is 548. The van der Waals surface area contributed by atoms with Gasteiger partial charge in [-0.25, -0.2) is 8.42 Å². The molecule has 1 aliphatic carbocycles. The highest BCUT2D eigenvalue weighted by Crippen LogP contribution is 2.27. The Hall–Kier alpha value is -1.09. The molecule has 0 amide bonds. The molecule has 15 heavy (non-hydrogen) atoms. The topological polar surface area (TPSA) is 112 Å². The van der Waals surface area contributed by atoms with Gasteiger partial charge in [0.2, 0.25) is 0 Å². The third kappa shape index (κ3) is 2.69. The van der Waals surface area contributed by atoms with Crippen LogP contribution in [0.2, 0.25) is 0 Å². The summed E-state index contributed by atoms with van der Waals surface area (Å²) in [5.41, 5.74) is -0.127. The van der Waals surface area contributed by atoms with Gasteiger partial charge in [0.05, 0.1) is 17.7 Å². The first-order chi connectivity index (χ1) is 6.62. The molecule has 8 heteroatoms. The minimum atomic E-state index is -4.80. The van der Waals surface area contributed by atoms with Gasteiger partial charge < -0.3 is 4.55 Å². The first kappa shape index (κ1) is 12.0. The van der Waals surface area contributed by atoms with E-state index in [0.717, 1.165) is 12.2 Å². The summed E-state index contributed by atoms with van der Waals surface area (Å²) in [7, 11) is -9.34. The maximum Gasteiger partial charge on any atom is 0.342 e. The smallest absolute Gasteiger partial charge is 0.342 e. The molecule has 0 spiro atoms. The van der Waals surface area contributed by atoms with E-state index in [1.54, 1.807) is 0 Å². The molecular formula is C7H6O6S2. The van der Waals surface area contributed by atoms with Gasteiger partial charge in [-0.15, -0.1) is 0 Å². The second kappa shape index (κ2) is 3.49. The van der Waals surface area contributed by atoms with Crippen molar-refractivity contribution in [2.75, 3.05) is 0 Å². The number of allylic oxidation sites excluding steroid dienone is 2. The van der Waals surface area contributed by atoms with Gasteiger partial charge in [0.25, 0.3) is 0 Å². The minimum absolute atomic E-state index is 0.127. The van der Waals surface area contributed by atoms with E-state index in [2.05, 4.69) is 6.58 Å². The van der Waals surface area contributed by atoms with E-state index in [1.807, 2.05) is 0 Å². The molecular weight excluding hydrogens is 244 g/mol. The summed E-state index contributed by atoms with van der Waals surface area (Å²) in [5, 5.41) is -0.663. The number of hydrogen-bond acceptors (Lipinski definition) is 5. The Morgan fingerprint density at radius 2 is 1.87 bits per heavy atom. The van der Waals surface area contributed by atoms with Crippen LogP contribution in [0.25, 0.3) is 0 Å². The van der Waals surface area contributed by atoms with Crippen molar-refractivity contribution < 1.29 is 25.9 Å². The SMILES string of the molecule is C=C1C=C[C+](S(=O)(=O)O)C=C1S(=O)(=O)[O-]. The summed E-state index contributed by atoms with van der Waals surface area (Å²) in [6, 6.07) is 0. The molecule has 0 bridgehead atoms. The van der Waals surface area contributed by atoms with Gasteiger partial charge in [0.1, 0.15) is 0 Å². The zero-order valence-electron chi connectivity index (χ0n) is 7.24. The Balaban J connectivity index is 3.30. The fraction of sp³-hybridized carbons (Fsp3) is 0. The van der Waals surface area contributed by atoms with Gasteiger partial charge >= 0.3 is 10.1 Å². The molecule has 6 nitrogen and oxygen atoms in total. The van der Waals surface area contributed by atoms with Gasteiger partial charge in [-0.2, -0.15) is 8.42 Å². The van der Waals surface area contributed by atoms with Crippen molar-refractivity contribution in [1.29, 1.82) is 0 Å². The molecule has 0 atom stereocenters. The molecule has 82 valence electrons. The molecule has 0 aromatic heterocycles. The molecule has 1 N–H and O–H groups in total. The minimum Gasteiger partial charge on any atom is -0.733 e. The highest BCUT2D eigenvalue weighted by atomic mass is 32.2. The summed E-state index contributed by atoms with van der Waals surface area (Å²) in [4.78, 5) is -0.766. The van der Waals surface area contributed by atoms with Crippen LogP contribution in [0.3, 0.4) is 0 Å². The van der Waals surface area contributed by atoms with Crippen LogP contribution in [0.15, 0.2) is 35.3 Å². The number of hydrogen-bond donors (Lipinski definition) is 1. The average molecular weight is 250 g/mol. The maximum absolute atomic E-state index is 10.7. The van der Waals surface area contributed by atoms with E-state index in [9.17, 15) is 21.4 Å². The Labute approximate surface area is 87.1 Å². The van der Waals surface area contributed by atoms with Crippen molar-refractivity contribution in [2.45, 2.75) is 0 Å². The lowest BCUT2D eigenvalue weighted by Crippen LogP contribution is -2.14. The van der Waals surface area contributed by atoms with Crippen molar-refractivity contribution in [3.05, 3.63) is 40.5 Å². The van der Waals surface area contributed by atoms with Crippen LogP contribution in [0.5, 0.6) is 0 Å². The molecule has 0 radical (unpaired) electrons. The molecule has 0 aliphatic heterocycles. The van der Waals surface area contributed by atoms with Gasteiger partial charge in [-0.3, -0.25) is 4.55 Å². The summed E-state index contributed by atoms with van der Waals surface area (Å²) >= 11 is 0. The fourth-order valence-electron chi connectivity index (χ4n) is 0.928. The zero-order valence-corrected chi connectivity index (χ0v) is 8.88. The molecule has 1 rings (SSSR count). The van der Waals surface area contributed by atoms with Crippen molar-refractivity contribution in [3.8, 4) is 0 Å². The first-order valence-electron chi connectivity index (χ1n) is 3.52. The Morgan fingerprint density at radius 3 is 2.27 bits per heavy atom. The van der Waals surface area contributed by atoms with Gasteiger partial charge in [0, 0.05) is 6.08 Å². The van der Waals surface area contributed by atoms with Crippen LogP contribution in [0.1, 0.15) is 0 Å². The highest BCUT2D eigenvalue weighted by molar-refractivity contribution is 7.90. The van der Waals surface area contributed by atoms with Gasteiger partial charge in [-0.1, -0.05) is 6.58 Å². The van der Waals surface area contributed by atoms with Crippen LogP contribution in [-0.2, 0) is 20.2 Å². The fourth-order valence-corrected chi connectivity index (χ4v) is 2.17. The van der Waals surface area contributed by atoms with Crippen molar-refractivity contribution in [1.82, 2.24) is 0 Å². The zero-order chi connectivity index (χ0) is 11.9. The average Bonchev–Trinajstić information content (AvgIpc) is 2.00. The molecule has 0 unspecified atom stereocenters. The Morgan fingerprint density at radius 1 is 1.33 bits per heavy atom. The lowest BCUT2D eigenvalue weighted by atomic mass is 10.1. The summed E-state index contributed by atoms with van der Waals surface area (Å²) in [5.74, 6) is 0. The number of rotatable bonds is 2. The van der Waals surface area contributed by atoms with E-state index >= 15 is 0 Å². The lowest BCUT2D eigenvalue weighted by molar-refractivity contribution is 0.471. The second-order valence-electron chi connectivity index (χ2n) is 2.70. The lowest BCUT2D eigenvalue weighted by Gasteiger charge is -2.10. The van der Waals surface area contributed by atoms with E-state index in [1.165, 1.54) is 0 Å². The van der Waals surface area contributed by atoms with E-state index < -0.39 is 30.4 Å². The molecule has 0 heterocycles. The first-order valence-corrected chi connectivity index (χ1v) is 6.36. The Kier molecular flexibility index (Phi) is 2.79. The summed E-state index contributed by atoms with van der Waals surface area (Å²) in [6.07, 6.45) is 2.54. The molecule has 0 saturated carbocycles. The third-order valence-corrected chi connectivity index (χ3v) is 3.37. The molecule has 0 aromatic carbocycles. The van der Waals surface area contributed by atoms with Gasteiger partial charge in [-0.05, 0) is 0 Å². The van der Waals surface area contributed by atoms with Crippen LogP contribution >= 0.6 is 0 Å². The summed E-state index contributed by atoms with van der Waals surface area (Å²) in [6.45, 7) is 3.25. The van der Waals surface area contributed by atoms with Crippen molar-refractivity contribution in [3.63, 3.8) is 0 Å². The molecule has 0 fully saturated rings. The van der Waals surface area contributed by atoms with Crippen molar-refractivity contribution >= 4 is 20.2 Å². The monoisotopic (exact) mass is 250 g/mol. The maximum atomic E-state index is 10.7. The van der Waals surface area contributed by atoms with Crippen LogP contribution in [0.4, 0.5) is 0 Å². The molecule has 0 aromatic rings. The predicted molar refractivity (Wildman–Crippen MR) is 50.9 cm³/mol. The predicted octanol–water partition coefficient (Wildman–Crippen LogP) is -0.0387.